The Bertz CT molecular complexity index is 370. The number of aromatic nitrogens is 1. The molecular weight excluding hydrogens is 196 g/mol. The van der Waals surface area contributed by atoms with Gasteiger partial charge < -0.3 is 5.73 Å². The lowest BCUT2D eigenvalue weighted by Crippen LogP contribution is -2.25. The van der Waals surface area contributed by atoms with Crippen LogP contribution >= 0.6 is 0 Å². The smallest absolute Gasteiger partial charge is 0.0270 e. The molecule has 0 saturated heterocycles. The van der Waals surface area contributed by atoms with Crippen LogP contribution in [0.3, 0.4) is 0 Å². The Morgan fingerprint density at radius 1 is 0.875 bits per heavy atom. The Morgan fingerprint density at radius 3 is 2.06 bits per heavy atom. The minimum Gasteiger partial charge on any atom is -0.327 e. The highest BCUT2D eigenvalue weighted by atomic mass is 14.6. The number of rotatable bonds is 4. The Hall–Kier alpha value is -1.67. The molecule has 0 saturated carbocycles. The molecule has 0 bridgehead atoms. The predicted molar refractivity (Wildman–Crippen MR) is 66.1 cm³/mol. The lowest BCUT2D eigenvalue weighted by molar-refractivity contribution is 0.664. The first kappa shape index (κ1) is 10.8. The maximum atomic E-state index is 6.12. The molecule has 2 nitrogen and oxygen atoms in total. The van der Waals surface area contributed by atoms with E-state index in [0.29, 0.717) is 0 Å². The lowest BCUT2D eigenvalue weighted by atomic mass is 10.0. The number of nitrogens with two attached hydrogens (primary N) is 1. The molecule has 0 spiro atoms. The zero-order valence-electron chi connectivity index (χ0n) is 9.21. The summed E-state index contributed by atoms with van der Waals surface area (Å²) in [5.41, 5.74) is 8.66. The summed E-state index contributed by atoms with van der Waals surface area (Å²) in [5.74, 6) is 0. The Balaban J connectivity index is 1.92. The minimum absolute atomic E-state index is 0.171. The van der Waals surface area contributed by atoms with E-state index in [0.717, 1.165) is 12.8 Å². The van der Waals surface area contributed by atoms with E-state index in [-0.39, 0.29) is 6.04 Å². The average Bonchev–Trinajstić information content (AvgIpc) is 2.31. The summed E-state index contributed by atoms with van der Waals surface area (Å²) in [6, 6.07) is 14.6. The third kappa shape index (κ3) is 3.17. The highest BCUT2D eigenvalue weighted by Crippen LogP contribution is 2.06. The molecule has 0 aliphatic carbocycles. The third-order valence-electron chi connectivity index (χ3n) is 2.59. The van der Waals surface area contributed by atoms with E-state index in [1.54, 1.807) is 0 Å². The van der Waals surface area contributed by atoms with Crippen LogP contribution in [0.2, 0.25) is 0 Å². The van der Waals surface area contributed by atoms with Crippen molar-refractivity contribution in [3.63, 3.8) is 0 Å². The highest BCUT2D eigenvalue weighted by molar-refractivity contribution is 5.17. The fraction of sp³-hybridized carbons (Fsp3) is 0.214. The second kappa shape index (κ2) is 5.42. The van der Waals surface area contributed by atoms with E-state index >= 15 is 0 Å². The summed E-state index contributed by atoms with van der Waals surface area (Å²) < 4.78 is 0. The van der Waals surface area contributed by atoms with Gasteiger partial charge in [-0.3, -0.25) is 4.98 Å². The van der Waals surface area contributed by atoms with E-state index in [1.165, 1.54) is 11.1 Å². The molecule has 1 aromatic carbocycles. The molecule has 1 atom stereocenters. The quantitative estimate of drug-likeness (QED) is 0.843. The molecule has 0 fully saturated rings. The van der Waals surface area contributed by atoms with Gasteiger partial charge in [-0.05, 0) is 36.1 Å². The van der Waals surface area contributed by atoms with E-state index in [9.17, 15) is 0 Å². The molecule has 0 amide bonds. The summed E-state index contributed by atoms with van der Waals surface area (Å²) in [7, 11) is 0. The van der Waals surface area contributed by atoms with Gasteiger partial charge in [-0.15, -0.1) is 0 Å². The normalized spacial score (nSPS) is 12.3. The summed E-state index contributed by atoms with van der Waals surface area (Å²) >= 11 is 0. The maximum absolute atomic E-state index is 6.12. The summed E-state index contributed by atoms with van der Waals surface area (Å²) in [6.07, 6.45) is 5.44. The monoisotopic (exact) mass is 212 g/mol. The molecule has 2 rings (SSSR count). The molecule has 0 unspecified atom stereocenters. The SMILES string of the molecule is N[C@H](Cc1ccccc1)Cc1ccncc1. The van der Waals surface area contributed by atoms with Crippen molar-refractivity contribution in [2.45, 2.75) is 18.9 Å². The van der Waals surface area contributed by atoms with Gasteiger partial charge >= 0.3 is 0 Å². The van der Waals surface area contributed by atoms with Crippen LogP contribution in [0.25, 0.3) is 0 Å². The summed E-state index contributed by atoms with van der Waals surface area (Å²) in [5, 5.41) is 0. The Kier molecular flexibility index (Phi) is 3.67. The summed E-state index contributed by atoms with van der Waals surface area (Å²) in [4.78, 5) is 4.00. The van der Waals surface area contributed by atoms with Crippen molar-refractivity contribution in [3.05, 3.63) is 66.0 Å². The van der Waals surface area contributed by atoms with E-state index < -0.39 is 0 Å². The van der Waals surface area contributed by atoms with Crippen LogP contribution in [0.1, 0.15) is 11.1 Å². The van der Waals surface area contributed by atoms with Gasteiger partial charge in [-0.1, -0.05) is 30.3 Å². The third-order valence-corrected chi connectivity index (χ3v) is 2.59. The molecule has 16 heavy (non-hydrogen) atoms. The molecule has 1 heterocycles. The zero-order valence-corrected chi connectivity index (χ0v) is 9.21. The number of benzene rings is 1. The predicted octanol–water partition coefficient (Wildman–Crippen LogP) is 2.19. The van der Waals surface area contributed by atoms with Gasteiger partial charge in [-0.25, -0.2) is 0 Å². The average molecular weight is 212 g/mol. The van der Waals surface area contributed by atoms with Gasteiger partial charge in [0.15, 0.2) is 0 Å². The molecule has 2 N–H and O–H groups in total. The van der Waals surface area contributed by atoms with E-state index in [1.807, 2.05) is 30.6 Å². The maximum Gasteiger partial charge on any atom is 0.0270 e. The van der Waals surface area contributed by atoms with Crippen molar-refractivity contribution in [1.82, 2.24) is 4.98 Å². The molecular formula is C14H16N2. The second-order valence-electron chi connectivity index (χ2n) is 4.01. The first-order chi connectivity index (χ1) is 7.84. The fourth-order valence-electron chi connectivity index (χ4n) is 1.81. The minimum atomic E-state index is 0.171. The van der Waals surface area contributed by atoms with Crippen molar-refractivity contribution < 1.29 is 0 Å². The van der Waals surface area contributed by atoms with Crippen LogP contribution in [0.15, 0.2) is 54.9 Å². The van der Waals surface area contributed by atoms with Crippen molar-refractivity contribution in [2.75, 3.05) is 0 Å². The number of hydrogen-bond acceptors (Lipinski definition) is 2. The van der Waals surface area contributed by atoms with Crippen LogP contribution in [-0.2, 0) is 12.8 Å². The fourth-order valence-corrected chi connectivity index (χ4v) is 1.81. The van der Waals surface area contributed by atoms with Gasteiger partial charge in [0.05, 0.1) is 0 Å². The van der Waals surface area contributed by atoms with Gasteiger partial charge in [0.1, 0.15) is 0 Å². The van der Waals surface area contributed by atoms with Crippen LogP contribution in [-0.4, -0.2) is 11.0 Å². The van der Waals surface area contributed by atoms with Gasteiger partial charge in [-0.2, -0.15) is 0 Å². The molecule has 0 aliphatic rings. The van der Waals surface area contributed by atoms with E-state index in [4.69, 9.17) is 5.73 Å². The van der Waals surface area contributed by atoms with Crippen molar-refractivity contribution in [1.29, 1.82) is 0 Å². The molecule has 0 aliphatic heterocycles. The van der Waals surface area contributed by atoms with Crippen molar-refractivity contribution in [2.24, 2.45) is 5.73 Å². The first-order valence-corrected chi connectivity index (χ1v) is 5.53. The number of pyridine rings is 1. The summed E-state index contributed by atoms with van der Waals surface area (Å²) in [6.45, 7) is 0. The van der Waals surface area contributed by atoms with Crippen LogP contribution in [0.5, 0.6) is 0 Å². The number of hydrogen-bond donors (Lipinski definition) is 1. The standard InChI is InChI=1S/C14H16N2/c15-14(10-12-4-2-1-3-5-12)11-13-6-8-16-9-7-13/h1-9,14H,10-11,15H2/t14-/m1/s1. The molecule has 2 aromatic rings. The number of nitrogens with zero attached hydrogens (tertiary/aromatic N) is 1. The molecule has 0 radical (unpaired) electrons. The van der Waals surface area contributed by atoms with Crippen molar-refractivity contribution >= 4 is 0 Å². The molecule has 2 heteroatoms. The van der Waals surface area contributed by atoms with Crippen LogP contribution in [0.4, 0.5) is 0 Å². The Labute approximate surface area is 96.1 Å². The van der Waals surface area contributed by atoms with E-state index in [2.05, 4.69) is 29.2 Å². The van der Waals surface area contributed by atoms with Gasteiger partial charge in [0.2, 0.25) is 0 Å². The largest absolute Gasteiger partial charge is 0.327 e. The zero-order chi connectivity index (χ0) is 11.2. The van der Waals surface area contributed by atoms with Gasteiger partial charge in [0.25, 0.3) is 0 Å². The second-order valence-corrected chi connectivity index (χ2v) is 4.01. The highest BCUT2D eigenvalue weighted by Gasteiger charge is 2.04. The topological polar surface area (TPSA) is 38.9 Å². The first-order valence-electron chi connectivity index (χ1n) is 5.53. The van der Waals surface area contributed by atoms with Crippen LogP contribution in [0, 0.1) is 0 Å². The van der Waals surface area contributed by atoms with Crippen molar-refractivity contribution in [3.8, 4) is 0 Å². The van der Waals surface area contributed by atoms with Gasteiger partial charge in [0, 0.05) is 18.4 Å². The lowest BCUT2D eigenvalue weighted by Gasteiger charge is -2.11. The molecule has 82 valence electrons. The Morgan fingerprint density at radius 2 is 1.44 bits per heavy atom. The van der Waals surface area contributed by atoms with Crippen LogP contribution < -0.4 is 5.73 Å². The molecule has 1 aromatic heterocycles.